The van der Waals surface area contributed by atoms with Crippen LogP contribution in [0.1, 0.15) is 30.5 Å². The summed E-state index contributed by atoms with van der Waals surface area (Å²) in [5, 5.41) is 9.14. The monoisotopic (exact) mass is 684 g/mol. The lowest BCUT2D eigenvalue weighted by Crippen LogP contribution is -2.19. The fraction of sp³-hybridized carbons (Fsp3) is 0.0612. The fourth-order valence-corrected chi connectivity index (χ4v) is 9.27. The standard InChI is InChI=1S/C49H36N2S/c1-32-21-27-44(35-24-22-34(23-25-35)33-11-3-2-4-12-33)50-45(29-32)37-13-9-14-38(30-37)51-46-19-7-5-15-40(46)43-31-36(26-28-47(43)51)39-17-10-18-42-41-16-6-8-20-48(41)52-49(39)42/h2-28,30-31,45,50H,29H2,1H3. The van der Waals surface area contributed by atoms with Crippen LogP contribution in [0.5, 0.6) is 0 Å². The lowest BCUT2D eigenvalue weighted by atomic mass is 9.98. The molecule has 1 atom stereocenters. The van der Waals surface area contributed by atoms with E-state index in [-0.39, 0.29) is 6.04 Å². The first kappa shape index (κ1) is 30.6. The molecule has 3 heteroatoms. The van der Waals surface area contributed by atoms with Crippen molar-refractivity contribution in [1.29, 1.82) is 0 Å². The quantitative estimate of drug-likeness (QED) is 0.191. The number of nitrogens with one attached hydrogen (secondary N) is 1. The van der Waals surface area contributed by atoms with E-state index in [1.807, 2.05) is 11.3 Å². The number of thiophene rings is 1. The average molecular weight is 685 g/mol. The SMILES string of the molecule is CC1=CC=C(c2ccc(-c3ccccc3)cc2)NC(c2cccc(-n3c4ccccc4c4cc(-c5cccc6c5sc5ccccc56)ccc43)c2)C1. The van der Waals surface area contributed by atoms with Crippen LogP contribution in [0.25, 0.3) is 75.6 Å². The molecule has 0 radical (unpaired) electrons. The molecule has 1 unspecified atom stereocenters. The smallest absolute Gasteiger partial charge is 0.0551 e. The Labute approximate surface area is 307 Å². The number of benzene rings is 7. The summed E-state index contributed by atoms with van der Waals surface area (Å²) in [6.45, 7) is 2.24. The molecule has 52 heavy (non-hydrogen) atoms. The molecule has 1 N–H and O–H groups in total. The summed E-state index contributed by atoms with van der Waals surface area (Å²) >= 11 is 1.89. The number of hydrogen-bond acceptors (Lipinski definition) is 2. The molecule has 248 valence electrons. The average Bonchev–Trinajstić information content (AvgIpc) is 3.67. The maximum atomic E-state index is 3.94. The minimum atomic E-state index is 0.139. The molecule has 7 aromatic carbocycles. The first-order valence-electron chi connectivity index (χ1n) is 18.0. The normalized spacial score (nSPS) is 14.8. The topological polar surface area (TPSA) is 17.0 Å². The second-order valence-electron chi connectivity index (χ2n) is 13.9. The van der Waals surface area contributed by atoms with Gasteiger partial charge in [-0.2, -0.15) is 0 Å². The van der Waals surface area contributed by atoms with E-state index in [0.29, 0.717) is 0 Å². The third kappa shape index (κ3) is 5.25. The fourth-order valence-electron chi connectivity index (χ4n) is 8.03. The Balaban J connectivity index is 1.03. The summed E-state index contributed by atoms with van der Waals surface area (Å²) in [7, 11) is 0. The van der Waals surface area contributed by atoms with Crippen molar-refractivity contribution in [3.63, 3.8) is 0 Å². The minimum Gasteiger partial charge on any atom is -0.377 e. The number of rotatable bonds is 5. The Bertz CT molecular complexity index is 2850. The molecule has 3 heterocycles. The van der Waals surface area contributed by atoms with Crippen molar-refractivity contribution < 1.29 is 0 Å². The summed E-state index contributed by atoms with van der Waals surface area (Å²) in [6, 6.07) is 60.1. The highest BCUT2D eigenvalue weighted by Gasteiger charge is 2.20. The Hall–Kier alpha value is -6.16. The van der Waals surface area contributed by atoms with Crippen molar-refractivity contribution in [3.8, 4) is 27.9 Å². The summed E-state index contributed by atoms with van der Waals surface area (Å²) < 4.78 is 5.12. The highest BCUT2D eigenvalue weighted by atomic mass is 32.1. The number of hydrogen-bond donors (Lipinski definition) is 1. The van der Waals surface area contributed by atoms with E-state index < -0.39 is 0 Å². The zero-order valence-corrected chi connectivity index (χ0v) is 29.7. The lowest BCUT2D eigenvalue weighted by molar-refractivity contribution is 0.631. The van der Waals surface area contributed by atoms with Crippen LogP contribution >= 0.6 is 11.3 Å². The molecule has 9 aromatic rings. The second-order valence-corrected chi connectivity index (χ2v) is 14.9. The number of aromatic nitrogens is 1. The molecule has 2 aromatic heterocycles. The van der Waals surface area contributed by atoms with E-state index in [1.54, 1.807) is 0 Å². The van der Waals surface area contributed by atoms with E-state index >= 15 is 0 Å². The van der Waals surface area contributed by atoms with E-state index in [9.17, 15) is 0 Å². The van der Waals surface area contributed by atoms with Crippen molar-refractivity contribution >= 4 is 59.0 Å². The molecule has 10 rings (SSSR count). The van der Waals surface area contributed by atoms with Crippen LogP contribution in [-0.2, 0) is 0 Å². The van der Waals surface area contributed by atoms with Gasteiger partial charge < -0.3 is 9.88 Å². The van der Waals surface area contributed by atoms with Crippen LogP contribution in [0.4, 0.5) is 0 Å². The van der Waals surface area contributed by atoms with Crippen LogP contribution in [0, 0.1) is 0 Å². The Kier molecular flexibility index (Phi) is 7.40. The van der Waals surface area contributed by atoms with E-state index in [2.05, 4.69) is 193 Å². The molecule has 0 fully saturated rings. The minimum absolute atomic E-state index is 0.139. The maximum Gasteiger partial charge on any atom is 0.0551 e. The highest BCUT2D eigenvalue weighted by molar-refractivity contribution is 7.26. The molecule has 0 aliphatic carbocycles. The Morgan fingerprint density at radius 2 is 1.23 bits per heavy atom. The van der Waals surface area contributed by atoms with Crippen molar-refractivity contribution in [3.05, 3.63) is 193 Å². The first-order chi connectivity index (χ1) is 25.7. The van der Waals surface area contributed by atoms with Crippen molar-refractivity contribution in [2.24, 2.45) is 0 Å². The molecule has 1 aliphatic heterocycles. The molecule has 0 saturated heterocycles. The lowest BCUT2D eigenvalue weighted by Gasteiger charge is -2.22. The Morgan fingerprint density at radius 3 is 2.12 bits per heavy atom. The molecular weight excluding hydrogens is 649 g/mol. The van der Waals surface area contributed by atoms with Crippen molar-refractivity contribution in [2.45, 2.75) is 19.4 Å². The molecular formula is C49H36N2S. The van der Waals surface area contributed by atoms with Crippen LogP contribution in [0.2, 0.25) is 0 Å². The molecule has 2 nitrogen and oxygen atoms in total. The zero-order chi connectivity index (χ0) is 34.6. The Morgan fingerprint density at radius 1 is 0.538 bits per heavy atom. The number of nitrogens with zero attached hydrogens (tertiary/aromatic N) is 1. The summed E-state index contributed by atoms with van der Waals surface area (Å²) in [4.78, 5) is 0. The summed E-state index contributed by atoms with van der Waals surface area (Å²) in [6.07, 6.45) is 5.44. The van der Waals surface area contributed by atoms with E-state index in [4.69, 9.17) is 0 Å². The van der Waals surface area contributed by atoms with Gasteiger partial charge in [0.15, 0.2) is 0 Å². The largest absolute Gasteiger partial charge is 0.377 e. The van der Waals surface area contributed by atoms with E-state index in [1.165, 1.54) is 86.6 Å². The van der Waals surface area contributed by atoms with Crippen LogP contribution < -0.4 is 5.32 Å². The predicted molar refractivity (Wildman–Crippen MR) is 223 cm³/mol. The van der Waals surface area contributed by atoms with Gasteiger partial charge in [0, 0.05) is 42.3 Å². The van der Waals surface area contributed by atoms with Crippen LogP contribution in [0.3, 0.4) is 0 Å². The molecule has 0 saturated carbocycles. The number of para-hydroxylation sites is 1. The van der Waals surface area contributed by atoms with E-state index in [0.717, 1.165) is 12.1 Å². The van der Waals surface area contributed by atoms with Gasteiger partial charge in [0.25, 0.3) is 0 Å². The van der Waals surface area contributed by atoms with Gasteiger partial charge >= 0.3 is 0 Å². The van der Waals surface area contributed by atoms with Gasteiger partial charge in [-0.3, -0.25) is 0 Å². The summed E-state index contributed by atoms with van der Waals surface area (Å²) in [5.41, 5.74) is 13.6. The van der Waals surface area contributed by atoms with Gasteiger partial charge in [0.2, 0.25) is 0 Å². The van der Waals surface area contributed by atoms with Gasteiger partial charge in [-0.15, -0.1) is 11.3 Å². The molecule has 1 aliphatic rings. The number of allylic oxidation sites excluding steroid dienone is 2. The zero-order valence-electron chi connectivity index (χ0n) is 28.9. The summed E-state index contributed by atoms with van der Waals surface area (Å²) in [5.74, 6) is 0. The van der Waals surface area contributed by atoms with Crippen LogP contribution in [0.15, 0.2) is 182 Å². The highest BCUT2D eigenvalue weighted by Crippen LogP contribution is 2.42. The van der Waals surface area contributed by atoms with Gasteiger partial charge in [-0.1, -0.05) is 139 Å². The predicted octanol–water partition coefficient (Wildman–Crippen LogP) is 13.5. The third-order valence-electron chi connectivity index (χ3n) is 10.6. The maximum absolute atomic E-state index is 3.94. The van der Waals surface area contributed by atoms with Gasteiger partial charge in [-0.05, 0) is 89.2 Å². The molecule has 0 bridgehead atoms. The first-order valence-corrected chi connectivity index (χ1v) is 18.8. The van der Waals surface area contributed by atoms with Gasteiger partial charge in [0.05, 0.1) is 17.1 Å². The third-order valence-corrected chi connectivity index (χ3v) is 11.8. The second kappa shape index (κ2) is 12.6. The molecule has 0 spiro atoms. The van der Waals surface area contributed by atoms with Gasteiger partial charge in [0.1, 0.15) is 0 Å². The van der Waals surface area contributed by atoms with Crippen molar-refractivity contribution in [2.75, 3.05) is 0 Å². The number of fused-ring (bicyclic) bond motifs is 6. The van der Waals surface area contributed by atoms with Crippen LogP contribution in [-0.4, -0.2) is 4.57 Å². The van der Waals surface area contributed by atoms with Crippen molar-refractivity contribution in [1.82, 2.24) is 9.88 Å². The molecule has 0 amide bonds. The van der Waals surface area contributed by atoms with Gasteiger partial charge in [-0.25, -0.2) is 0 Å².